The highest BCUT2D eigenvalue weighted by molar-refractivity contribution is 5.52. The van der Waals surface area contributed by atoms with Crippen LogP contribution in [-0.2, 0) is 0 Å². The van der Waals surface area contributed by atoms with Crippen molar-refractivity contribution in [2.24, 2.45) is 5.92 Å². The molecule has 1 rings (SSSR count). The number of hydrogen-bond donors (Lipinski definition) is 1. The van der Waals surface area contributed by atoms with E-state index in [1.165, 1.54) is 0 Å². The van der Waals surface area contributed by atoms with E-state index in [-0.39, 0.29) is 12.0 Å². The smallest absolute Gasteiger partial charge is 0.0773 e. The summed E-state index contributed by atoms with van der Waals surface area (Å²) in [6.07, 6.45) is 1.69. The fraction of sp³-hybridized carbons (Fsp3) is 0.385. The van der Waals surface area contributed by atoms with E-state index in [0.29, 0.717) is 0 Å². The summed E-state index contributed by atoms with van der Waals surface area (Å²) in [7, 11) is 0. The molecule has 0 bridgehead atoms. The van der Waals surface area contributed by atoms with Crippen molar-refractivity contribution in [1.82, 2.24) is 0 Å². The lowest BCUT2D eigenvalue weighted by Gasteiger charge is -2.14. The van der Waals surface area contributed by atoms with Crippen molar-refractivity contribution in [2.45, 2.75) is 26.9 Å². The van der Waals surface area contributed by atoms with Gasteiger partial charge in [0.15, 0.2) is 0 Å². The predicted molar refractivity (Wildman–Crippen MR) is 60.9 cm³/mol. The first-order valence-electron chi connectivity index (χ1n) is 5.02. The molecule has 1 atom stereocenters. The lowest BCUT2D eigenvalue weighted by atomic mass is 9.98. The molecule has 14 heavy (non-hydrogen) atoms. The van der Waals surface area contributed by atoms with Crippen molar-refractivity contribution in [2.75, 3.05) is 0 Å². The minimum absolute atomic E-state index is 0.273. The van der Waals surface area contributed by atoms with Crippen molar-refractivity contribution in [1.29, 1.82) is 0 Å². The van der Waals surface area contributed by atoms with E-state index in [1.54, 1.807) is 0 Å². The molecular formula is C13H18O. The number of aliphatic hydroxyl groups excluding tert-OH is 1. The molecular weight excluding hydrogens is 172 g/mol. The van der Waals surface area contributed by atoms with E-state index >= 15 is 0 Å². The van der Waals surface area contributed by atoms with Gasteiger partial charge in [-0.2, -0.15) is 0 Å². The van der Waals surface area contributed by atoms with Crippen LogP contribution in [0.3, 0.4) is 0 Å². The van der Waals surface area contributed by atoms with Crippen molar-refractivity contribution >= 4 is 6.08 Å². The Bertz CT molecular complexity index is 298. The van der Waals surface area contributed by atoms with Crippen LogP contribution in [0.15, 0.2) is 35.9 Å². The highest BCUT2D eigenvalue weighted by Crippen LogP contribution is 2.14. The first kappa shape index (κ1) is 11.0. The van der Waals surface area contributed by atoms with Crippen LogP contribution in [0.5, 0.6) is 0 Å². The Balaban J connectivity index is 2.79. The van der Waals surface area contributed by atoms with Crippen molar-refractivity contribution in [3.8, 4) is 0 Å². The first-order valence-corrected chi connectivity index (χ1v) is 5.02. The quantitative estimate of drug-likeness (QED) is 0.776. The molecule has 0 radical (unpaired) electrons. The fourth-order valence-corrected chi connectivity index (χ4v) is 1.42. The van der Waals surface area contributed by atoms with Crippen molar-refractivity contribution < 1.29 is 5.11 Å². The van der Waals surface area contributed by atoms with Crippen LogP contribution in [0.4, 0.5) is 0 Å². The third-order valence-electron chi connectivity index (χ3n) is 2.29. The normalized spacial score (nSPS) is 14.5. The Morgan fingerprint density at radius 1 is 1.21 bits per heavy atom. The molecule has 1 heteroatoms. The molecule has 0 fully saturated rings. The molecule has 1 nitrogen and oxygen atoms in total. The lowest BCUT2D eigenvalue weighted by molar-refractivity contribution is 0.161. The molecule has 0 spiro atoms. The average molecular weight is 190 g/mol. The van der Waals surface area contributed by atoms with Gasteiger partial charge in [-0.3, -0.25) is 0 Å². The summed E-state index contributed by atoms with van der Waals surface area (Å²) in [6, 6.07) is 10.1. The predicted octanol–water partition coefficient (Wildman–Crippen LogP) is 3.11. The van der Waals surface area contributed by atoms with E-state index in [0.717, 1.165) is 11.1 Å². The fourth-order valence-electron chi connectivity index (χ4n) is 1.42. The zero-order valence-electron chi connectivity index (χ0n) is 9.07. The number of benzene rings is 1. The molecule has 0 aliphatic rings. The summed E-state index contributed by atoms with van der Waals surface area (Å²) >= 11 is 0. The molecule has 1 aromatic rings. The maximum absolute atomic E-state index is 9.79. The highest BCUT2D eigenvalue weighted by atomic mass is 16.3. The maximum Gasteiger partial charge on any atom is 0.0773 e. The third kappa shape index (κ3) is 3.00. The maximum atomic E-state index is 9.79. The van der Waals surface area contributed by atoms with Gasteiger partial charge in [0.2, 0.25) is 0 Å². The van der Waals surface area contributed by atoms with Gasteiger partial charge in [-0.15, -0.1) is 0 Å². The van der Waals surface area contributed by atoms with E-state index in [4.69, 9.17) is 0 Å². The standard InChI is InChI=1S/C13H18O/c1-10(2)13(14)11(3)9-12-7-5-4-6-8-12/h4-10,13-14H,1-3H3/b11-9+. The van der Waals surface area contributed by atoms with Gasteiger partial charge < -0.3 is 5.11 Å². The van der Waals surface area contributed by atoms with Crippen molar-refractivity contribution in [3.63, 3.8) is 0 Å². The molecule has 1 aromatic carbocycles. The van der Waals surface area contributed by atoms with Gasteiger partial charge in [0.25, 0.3) is 0 Å². The van der Waals surface area contributed by atoms with Crippen LogP contribution >= 0.6 is 0 Å². The minimum Gasteiger partial charge on any atom is -0.388 e. The number of hydrogen-bond acceptors (Lipinski definition) is 1. The second kappa shape index (κ2) is 4.97. The van der Waals surface area contributed by atoms with E-state index in [2.05, 4.69) is 0 Å². The van der Waals surface area contributed by atoms with E-state index in [1.807, 2.05) is 57.2 Å². The molecule has 0 heterocycles. The molecule has 0 amide bonds. The summed E-state index contributed by atoms with van der Waals surface area (Å²) in [5.41, 5.74) is 2.16. The largest absolute Gasteiger partial charge is 0.388 e. The number of aliphatic hydroxyl groups is 1. The molecule has 0 saturated heterocycles. The van der Waals surface area contributed by atoms with Crippen LogP contribution in [-0.4, -0.2) is 11.2 Å². The van der Waals surface area contributed by atoms with Crippen LogP contribution in [0, 0.1) is 5.92 Å². The molecule has 0 aromatic heterocycles. The van der Waals surface area contributed by atoms with Crippen LogP contribution in [0.1, 0.15) is 26.3 Å². The molecule has 1 unspecified atom stereocenters. The zero-order valence-corrected chi connectivity index (χ0v) is 9.07. The second-order valence-corrected chi connectivity index (χ2v) is 3.99. The zero-order chi connectivity index (χ0) is 10.6. The van der Waals surface area contributed by atoms with Gasteiger partial charge in [0, 0.05) is 0 Å². The molecule has 0 aliphatic heterocycles. The third-order valence-corrected chi connectivity index (χ3v) is 2.29. The van der Waals surface area contributed by atoms with Crippen molar-refractivity contribution in [3.05, 3.63) is 41.5 Å². The SMILES string of the molecule is C/C(=C\c1ccccc1)C(O)C(C)C. The Hall–Kier alpha value is -1.08. The van der Waals surface area contributed by atoms with Gasteiger partial charge in [-0.05, 0) is 24.0 Å². The van der Waals surface area contributed by atoms with Crippen LogP contribution in [0.25, 0.3) is 6.08 Å². The summed E-state index contributed by atoms with van der Waals surface area (Å²) in [6.45, 7) is 6.01. The lowest BCUT2D eigenvalue weighted by Crippen LogP contribution is -2.15. The number of rotatable bonds is 3. The highest BCUT2D eigenvalue weighted by Gasteiger charge is 2.10. The summed E-state index contributed by atoms with van der Waals surface area (Å²) in [4.78, 5) is 0. The van der Waals surface area contributed by atoms with Gasteiger partial charge in [0.05, 0.1) is 6.10 Å². The molecule has 0 aliphatic carbocycles. The summed E-state index contributed by atoms with van der Waals surface area (Å²) < 4.78 is 0. The summed E-state index contributed by atoms with van der Waals surface area (Å²) in [5, 5.41) is 9.79. The van der Waals surface area contributed by atoms with E-state index in [9.17, 15) is 5.11 Å². The minimum atomic E-state index is -0.338. The van der Waals surface area contributed by atoms with Gasteiger partial charge in [-0.25, -0.2) is 0 Å². The topological polar surface area (TPSA) is 20.2 Å². The van der Waals surface area contributed by atoms with Gasteiger partial charge in [0.1, 0.15) is 0 Å². The molecule has 0 saturated carbocycles. The Labute approximate surface area is 86.1 Å². The molecule has 1 N–H and O–H groups in total. The van der Waals surface area contributed by atoms with Gasteiger partial charge >= 0.3 is 0 Å². The Morgan fingerprint density at radius 3 is 2.29 bits per heavy atom. The van der Waals surface area contributed by atoms with Crippen LogP contribution < -0.4 is 0 Å². The van der Waals surface area contributed by atoms with E-state index < -0.39 is 0 Å². The first-order chi connectivity index (χ1) is 6.61. The monoisotopic (exact) mass is 190 g/mol. The Kier molecular flexibility index (Phi) is 3.90. The molecule has 76 valence electrons. The second-order valence-electron chi connectivity index (χ2n) is 3.99. The Morgan fingerprint density at radius 2 is 1.79 bits per heavy atom. The van der Waals surface area contributed by atoms with Crippen LogP contribution in [0.2, 0.25) is 0 Å². The average Bonchev–Trinajstić information content (AvgIpc) is 2.18. The van der Waals surface area contributed by atoms with Gasteiger partial charge in [-0.1, -0.05) is 50.3 Å². The summed E-state index contributed by atoms with van der Waals surface area (Å²) in [5.74, 6) is 0.273.